The van der Waals surface area contributed by atoms with E-state index in [0.717, 1.165) is 4.57 Å². The first-order valence-corrected chi connectivity index (χ1v) is 11.4. The van der Waals surface area contributed by atoms with Gasteiger partial charge in [-0.1, -0.05) is 0 Å². The van der Waals surface area contributed by atoms with Crippen molar-refractivity contribution in [1.82, 2.24) is 9.55 Å². The van der Waals surface area contributed by atoms with Crippen molar-refractivity contribution in [2.75, 3.05) is 6.61 Å². The Kier molecular flexibility index (Phi) is 7.20. The van der Waals surface area contributed by atoms with Crippen LogP contribution in [-0.2, 0) is 22.4 Å². The van der Waals surface area contributed by atoms with Crippen molar-refractivity contribution in [3.63, 3.8) is 0 Å². The molecule has 3 unspecified atom stereocenters. The zero-order valence-corrected chi connectivity index (χ0v) is 16.3. The van der Waals surface area contributed by atoms with Gasteiger partial charge in [0.15, 0.2) is 0 Å². The number of H-pyrrole nitrogens is 1. The van der Waals surface area contributed by atoms with Gasteiger partial charge in [0.2, 0.25) is 0 Å². The number of ether oxygens (including phenoxy) is 1. The summed E-state index contributed by atoms with van der Waals surface area (Å²) in [5.41, 5.74) is -0.988. The molecular weight excluding hydrogens is 433 g/mol. The Morgan fingerprint density at radius 2 is 2.04 bits per heavy atom. The molecule has 0 aliphatic carbocycles. The zero-order valence-electron chi connectivity index (χ0n) is 13.5. The first kappa shape index (κ1) is 22.4. The Morgan fingerprint density at radius 3 is 2.67 bits per heavy atom. The van der Waals surface area contributed by atoms with E-state index in [0.29, 0.717) is 0 Å². The number of phosphoric acid groups is 1. The van der Waals surface area contributed by atoms with E-state index in [1.165, 1.54) is 25.3 Å². The van der Waals surface area contributed by atoms with Gasteiger partial charge in [-0.3, -0.25) is 4.79 Å². The van der Waals surface area contributed by atoms with Gasteiger partial charge in [0, 0.05) is 0 Å². The topological polar surface area (TPSA) is 210 Å². The zero-order chi connectivity index (χ0) is 20.4. The normalized spacial score (nSPS) is 23.9. The van der Waals surface area contributed by atoms with Crippen LogP contribution in [-0.4, -0.2) is 46.7 Å². The fraction of sp³-hybridized carbons (Fsp3) is 0.400. The third kappa shape index (κ3) is 6.91. The fourth-order valence-electron chi connectivity index (χ4n) is 1.92. The third-order valence-corrected chi connectivity index (χ3v) is 6.46. The Morgan fingerprint density at radius 1 is 1.37 bits per heavy atom. The second kappa shape index (κ2) is 8.66. The SMILES string of the molecule is Cc1cn(C2C=C[C@@H](COP(=O)(O)OP(O)O[PH](O)(O)O)O2)c(=O)[nH]c1=O. The van der Waals surface area contributed by atoms with Crippen molar-refractivity contribution in [3.8, 4) is 0 Å². The number of aromatic amines is 1. The summed E-state index contributed by atoms with van der Waals surface area (Å²) in [7, 11) is -13.3. The molecule has 1 aromatic rings. The number of phosphoric ester groups is 1. The average Bonchev–Trinajstić information content (AvgIpc) is 2.95. The van der Waals surface area contributed by atoms with Crippen LogP contribution in [0.1, 0.15) is 11.8 Å². The van der Waals surface area contributed by atoms with Crippen molar-refractivity contribution < 1.29 is 46.9 Å². The van der Waals surface area contributed by atoms with Crippen LogP contribution in [0.4, 0.5) is 0 Å². The molecule has 154 valence electrons. The molecule has 1 aliphatic rings. The summed E-state index contributed by atoms with van der Waals surface area (Å²) in [6, 6.07) is 0. The Hall–Kier alpha value is -0.850. The average molecular weight is 450 g/mol. The molecule has 1 aromatic heterocycles. The van der Waals surface area contributed by atoms with E-state index < -0.39 is 54.8 Å². The summed E-state index contributed by atoms with van der Waals surface area (Å²) in [6.07, 6.45) is 2.37. The molecular formula is C10H17N2O12P3. The van der Waals surface area contributed by atoms with E-state index in [4.69, 9.17) is 24.3 Å². The van der Waals surface area contributed by atoms with Crippen LogP contribution in [0.5, 0.6) is 0 Å². The van der Waals surface area contributed by atoms with Crippen LogP contribution in [0, 0.1) is 6.92 Å². The number of nitrogens with one attached hydrogen (secondary N) is 1. The fourth-order valence-corrected chi connectivity index (χ4v) is 4.42. The van der Waals surface area contributed by atoms with Gasteiger partial charge in [0.05, 0.1) is 0 Å². The van der Waals surface area contributed by atoms with E-state index in [1.54, 1.807) is 0 Å². The molecule has 4 atom stereocenters. The quantitative estimate of drug-likeness (QED) is 0.209. The van der Waals surface area contributed by atoms with E-state index >= 15 is 0 Å². The van der Waals surface area contributed by atoms with E-state index in [2.05, 4.69) is 18.1 Å². The molecule has 2 rings (SSSR count). The van der Waals surface area contributed by atoms with Crippen LogP contribution in [0.3, 0.4) is 0 Å². The van der Waals surface area contributed by atoms with Gasteiger partial charge in [-0.15, -0.1) is 0 Å². The Labute approximate surface area is 152 Å². The smallest absolute Gasteiger partial charge is 0.269 e. The predicted octanol–water partition coefficient (Wildman–Crippen LogP) is -0.945. The Bertz CT molecular complexity index is 860. The molecule has 14 nitrogen and oxygen atoms in total. The van der Waals surface area contributed by atoms with Crippen molar-refractivity contribution in [1.29, 1.82) is 0 Å². The second-order valence-electron chi connectivity index (χ2n) is 5.18. The molecule has 0 saturated heterocycles. The summed E-state index contributed by atoms with van der Waals surface area (Å²) in [5.74, 6) is 0. The van der Waals surface area contributed by atoms with E-state index in [-0.39, 0.29) is 5.56 Å². The summed E-state index contributed by atoms with van der Waals surface area (Å²) in [4.78, 5) is 69.6. The second-order valence-corrected chi connectivity index (χ2v) is 9.38. The first-order valence-electron chi connectivity index (χ1n) is 7.04. The molecule has 0 aromatic carbocycles. The van der Waals surface area contributed by atoms with Gasteiger partial charge in [-0.2, -0.15) is 0 Å². The monoisotopic (exact) mass is 450 g/mol. The molecule has 0 radical (unpaired) electrons. The Balaban J connectivity index is 1.91. The standard InChI is InChI=1S/C10H17N2O12P3/c1-6-4-12(10(14)11-9(6)13)8-3-2-7(22-8)5-21-27(19,20)24-25(15)23-26(16,17)18/h2-4,7-8,15-18,26H,5H2,1H3,(H,19,20)(H,11,13,14)/t7-,8?,25?/m0/s1. The van der Waals surface area contributed by atoms with Crippen LogP contribution in [0.25, 0.3) is 0 Å². The van der Waals surface area contributed by atoms with Crippen LogP contribution < -0.4 is 11.2 Å². The third-order valence-electron chi connectivity index (χ3n) is 3.00. The molecule has 1 aliphatic heterocycles. The number of aromatic nitrogens is 2. The van der Waals surface area contributed by atoms with Crippen LogP contribution in [0.2, 0.25) is 0 Å². The minimum atomic E-state index is -5.16. The van der Waals surface area contributed by atoms with Crippen LogP contribution in [0.15, 0.2) is 27.9 Å². The van der Waals surface area contributed by atoms with Gasteiger partial charge in [-0.05, 0) is 6.92 Å². The van der Waals surface area contributed by atoms with Crippen molar-refractivity contribution >= 4 is 24.6 Å². The van der Waals surface area contributed by atoms with E-state index in [9.17, 15) is 19.0 Å². The van der Waals surface area contributed by atoms with Crippen molar-refractivity contribution in [2.45, 2.75) is 19.3 Å². The summed E-state index contributed by atoms with van der Waals surface area (Å²) in [6.45, 7) is 0.951. The van der Waals surface area contributed by atoms with Gasteiger partial charge in [-0.25, -0.2) is 0 Å². The van der Waals surface area contributed by atoms with Gasteiger partial charge in [0.25, 0.3) is 5.56 Å². The number of hydrogen-bond acceptors (Lipinski definition) is 11. The summed E-state index contributed by atoms with van der Waals surface area (Å²) >= 11 is 0. The van der Waals surface area contributed by atoms with Crippen molar-refractivity contribution in [3.05, 3.63) is 44.8 Å². The molecule has 6 N–H and O–H groups in total. The minimum absolute atomic E-state index is 0.270. The van der Waals surface area contributed by atoms with Crippen LogP contribution >= 0.6 is 24.6 Å². The molecule has 2 heterocycles. The van der Waals surface area contributed by atoms with Crippen molar-refractivity contribution in [2.24, 2.45) is 0 Å². The maximum absolute atomic E-state index is 11.8. The molecule has 0 amide bonds. The number of aryl methyl sites for hydroxylation is 1. The summed E-state index contributed by atoms with van der Waals surface area (Å²) in [5, 5.41) is 0. The number of nitrogens with zero attached hydrogens (tertiary/aromatic N) is 1. The molecule has 0 bridgehead atoms. The van der Waals surface area contributed by atoms with Gasteiger partial charge < -0.3 is 0 Å². The molecule has 0 spiro atoms. The summed E-state index contributed by atoms with van der Waals surface area (Å²) < 4.78 is 30.7. The molecule has 27 heavy (non-hydrogen) atoms. The first-order chi connectivity index (χ1) is 12.4. The number of hydrogen-bond donors (Lipinski definition) is 6. The molecule has 0 saturated carbocycles. The maximum atomic E-state index is 11.8. The number of rotatable bonds is 8. The molecule has 0 fully saturated rings. The molecule has 17 heteroatoms. The van der Waals surface area contributed by atoms with Gasteiger partial charge >= 0.3 is 134 Å². The predicted molar refractivity (Wildman–Crippen MR) is 91.2 cm³/mol. The van der Waals surface area contributed by atoms with Gasteiger partial charge in [0.1, 0.15) is 0 Å². The van der Waals surface area contributed by atoms with E-state index in [1.807, 2.05) is 0 Å². The minimum Gasteiger partial charge on any atom is -0.269 e.